The van der Waals surface area contributed by atoms with Gasteiger partial charge in [-0.05, 0) is 61.2 Å². The number of nitrogens with zero attached hydrogens (tertiary/aromatic N) is 2. The minimum absolute atomic E-state index is 0.110. The molecule has 2 aliphatic rings. The molecule has 0 aromatic heterocycles. The van der Waals surface area contributed by atoms with Crippen LogP contribution in [0.2, 0.25) is 0 Å². The summed E-state index contributed by atoms with van der Waals surface area (Å²) in [5.74, 6) is 0. The lowest BCUT2D eigenvalue weighted by Gasteiger charge is -2.28. The molecule has 228 valence electrons. The van der Waals surface area contributed by atoms with E-state index in [9.17, 15) is 0 Å². The van der Waals surface area contributed by atoms with Gasteiger partial charge < -0.3 is 0 Å². The Morgan fingerprint density at radius 2 is 1.33 bits per heavy atom. The average molecular weight is 618 g/mol. The van der Waals surface area contributed by atoms with Crippen LogP contribution in [-0.2, 0) is 6.42 Å². The second-order valence-corrected chi connectivity index (χ2v) is 12.8. The normalized spacial score (nSPS) is 14.8. The maximum Gasteiger partial charge on any atom is 0.121 e. The Balaban J connectivity index is 0.000000156. The number of aliphatic imine (C=N–C) groups is 1. The standard InChI is InChI=1S/C21H17NS.C14H14N2.C7H8/c1-22-19(13-11-16-7-3-2-4-8-16)17-12-14-21-18-9-5-6-10-20(18)23(21)15-17;1-11-6-5-9-13(10-11)14(16-15)12-7-3-2-4-8-12;1-7-5-3-2-4-6-7/h2-10,12-15H,1,11H2;2-10,14-15H,1H3;2-6H,1H3/b19-13-;;. The summed E-state index contributed by atoms with van der Waals surface area (Å²) in [7, 11) is 0.110. The summed E-state index contributed by atoms with van der Waals surface area (Å²) in [5.41, 5.74) is 16.8. The summed E-state index contributed by atoms with van der Waals surface area (Å²) in [6.45, 7) is 7.89. The van der Waals surface area contributed by atoms with Gasteiger partial charge in [0.15, 0.2) is 0 Å². The van der Waals surface area contributed by atoms with Crippen LogP contribution in [0.4, 0.5) is 0 Å². The number of fused-ring (bicyclic) bond motifs is 3. The predicted molar refractivity (Wildman–Crippen MR) is 197 cm³/mol. The summed E-state index contributed by atoms with van der Waals surface area (Å²) < 4.78 is 0. The third-order valence-corrected chi connectivity index (χ3v) is 9.82. The fourth-order valence-corrected chi connectivity index (χ4v) is 7.33. The second-order valence-electron chi connectivity index (χ2n) is 11.1. The molecule has 0 saturated carbocycles. The molecule has 0 saturated heterocycles. The Labute approximate surface area is 275 Å². The van der Waals surface area contributed by atoms with Crippen molar-refractivity contribution in [1.82, 2.24) is 0 Å². The van der Waals surface area contributed by atoms with E-state index in [1.807, 2.05) is 66.7 Å². The van der Waals surface area contributed by atoms with Gasteiger partial charge in [-0.3, -0.25) is 4.99 Å². The van der Waals surface area contributed by atoms with Crippen LogP contribution in [-0.4, -0.2) is 11.6 Å². The molecule has 3 nitrogen and oxygen atoms in total. The van der Waals surface area contributed by atoms with Crippen molar-refractivity contribution in [3.05, 3.63) is 208 Å². The van der Waals surface area contributed by atoms with Gasteiger partial charge in [0.1, 0.15) is 6.04 Å². The Bertz CT molecular complexity index is 1900. The molecule has 2 aliphatic heterocycles. The van der Waals surface area contributed by atoms with Gasteiger partial charge in [0.05, 0.1) is 5.70 Å². The van der Waals surface area contributed by atoms with Crippen LogP contribution in [0.1, 0.15) is 39.4 Å². The maximum absolute atomic E-state index is 7.33. The topological polar surface area (TPSA) is 48.6 Å². The van der Waals surface area contributed by atoms with Crippen LogP contribution in [0.3, 0.4) is 0 Å². The number of nitrogens with one attached hydrogen (secondary N) is 1. The Morgan fingerprint density at radius 3 is 1.96 bits per heavy atom. The average Bonchev–Trinajstić information content (AvgIpc) is 3.10. The number of allylic oxidation sites excluding steroid dienone is 3. The van der Waals surface area contributed by atoms with Crippen LogP contribution >= 0.6 is 10.5 Å². The van der Waals surface area contributed by atoms with E-state index in [-0.39, 0.29) is 16.5 Å². The van der Waals surface area contributed by atoms with E-state index >= 15 is 0 Å². The van der Waals surface area contributed by atoms with E-state index in [0.717, 1.165) is 23.2 Å². The largest absolute Gasteiger partial charge is 0.264 e. The molecule has 0 spiro atoms. The zero-order valence-electron chi connectivity index (χ0n) is 26.4. The van der Waals surface area contributed by atoms with Crippen LogP contribution in [0, 0.1) is 19.4 Å². The number of hydrogen-bond acceptors (Lipinski definition) is 3. The number of hydrogen-bond donors (Lipinski definition) is 1. The molecule has 0 radical (unpaired) electrons. The SMILES string of the molecule is C=N/C(=C\Cc1ccccc1)C1=CS2=C(C=C1)c1ccccc12.Cc1cccc(C(N=N)c2ccccc2)c1.Cc1ccccc1. The highest BCUT2D eigenvalue weighted by Gasteiger charge is 2.24. The van der Waals surface area contributed by atoms with E-state index in [0.29, 0.717) is 0 Å². The van der Waals surface area contributed by atoms with Gasteiger partial charge in [-0.25, -0.2) is 5.53 Å². The smallest absolute Gasteiger partial charge is 0.121 e. The van der Waals surface area contributed by atoms with Gasteiger partial charge in [0.2, 0.25) is 0 Å². The first kappa shape index (κ1) is 32.2. The highest BCUT2D eigenvalue weighted by Crippen LogP contribution is 2.47. The third-order valence-electron chi connectivity index (χ3n) is 7.67. The monoisotopic (exact) mass is 617 g/mol. The highest BCUT2D eigenvalue weighted by molar-refractivity contribution is 8.20. The Hall–Kier alpha value is -5.19. The van der Waals surface area contributed by atoms with E-state index < -0.39 is 0 Å². The summed E-state index contributed by atoms with van der Waals surface area (Å²) in [4.78, 5) is 7.13. The number of rotatable bonds is 7. The quantitative estimate of drug-likeness (QED) is 0.107. The molecule has 2 heterocycles. The molecular weight excluding hydrogens is 579 g/mol. The van der Waals surface area contributed by atoms with Gasteiger partial charge in [0, 0.05) is 20.9 Å². The fourth-order valence-electron chi connectivity index (χ4n) is 5.27. The summed E-state index contributed by atoms with van der Waals surface area (Å²) in [6, 6.07) is 47.3. The first-order valence-electron chi connectivity index (χ1n) is 15.4. The van der Waals surface area contributed by atoms with Crippen molar-refractivity contribution < 1.29 is 0 Å². The molecule has 46 heavy (non-hydrogen) atoms. The molecule has 4 heteroatoms. The van der Waals surface area contributed by atoms with Crippen LogP contribution in [0.5, 0.6) is 0 Å². The molecule has 2 unspecified atom stereocenters. The van der Waals surface area contributed by atoms with Crippen LogP contribution < -0.4 is 0 Å². The molecule has 5 aromatic rings. The van der Waals surface area contributed by atoms with Crippen molar-refractivity contribution in [1.29, 1.82) is 5.53 Å². The first-order valence-corrected chi connectivity index (χ1v) is 16.7. The van der Waals surface area contributed by atoms with E-state index in [2.05, 4.69) is 127 Å². The molecule has 0 amide bonds. The Kier molecular flexibility index (Phi) is 11.4. The maximum atomic E-state index is 7.33. The van der Waals surface area contributed by atoms with Gasteiger partial charge in [-0.1, -0.05) is 157 Å². The van der Waals surface area contributed by atoms with Gasteiger partial charge in [0.25, 0.3) is 0 Å². The zero-order chi connectivity index (χ0) is 32.1. The molecule has 2 atom stereocenters. The van der Waals surface area contributed by atoms with Crippen molar-refractivity contribution in [2.75, 3.05) is 0 Å². The number of benzene rings is 5. The van der Waals surface area contributed by atoms with Crippen molar-refractivity contribution in [2.45, 2.75) is 31.2 Å². The molecule has 0 aliphatic carbocycles. The lowest BCUT2D eigenvalue weighted by atomic mass is 9.98. The molecule has 0 fully saturated rings. The summed E-state index contributed by atoms with van der Waals surface area (Å²) >= 11 is 0. The molecule has 5 aromatic carbocycles. The van der Waals surface area contributed by atoms with Crippen molar-refractivity contribution in [3.8, 4) is 0 Å². The van der Waals surface area contributed by atoms with E-state index in [4.69, 9.17) is 5.53 Å². The lowest BCUT2D eigenvalue weighted by molar-refractivity contribution is 0.775. The summed E-state index contributed by atoms with van der Waals surface area (Å²) in [6.07, 6.45) is 7.45. The minimum Gasteiger partial charge on any atom is -0.264 e. The molecule has 7 rings (SSSR count). The van der Waals surface area contributed by atoms with Gasteiger partial charge in [-0.2, -0.15) is 5.11 Å². The van der Waals surface area contributed by atoms with Gasteiger partial charge >= 0.3 is 0 Å². The zero-order valence-corrected chi connectivity index (χ0v) is 27.2. The molecule has 1 N–H and O–H groups in total. The second kappa shape index (κ2) is 16.2. The van der Waals surface area contributed by atoms with E-state index in [1.165, 1.54) is 37.6 Å². The summed E-state index contributed by atoms with van der Waals surface area (Å²) in [5, 5.41) is 6.06. The number of aryl methyl sites for hydroxylation is 2. The minimum atomic E-state index is -0.180. The lowest BCUT2D eigenvalue weighted by Crippen LogP contribution is -2.11. The molecule has 0 bridgehead atoms. The highest BCUT2D eigenvalue weighted by atomic mass is 32.2. The Morgan fingerprint density at radius 1 is 0.717 bits per heavy atom. The third kappa shape index (κ3) is 8.29. The van der Waals surface area contributed by atoms with Crippen LogP contribution in [0.25, 0.3) is 0 Å². The molecular formula is C42H39N3S. The predicted octanol–water partition coefficient (Wildman–Crippen LogP) is 11.2. The van der Waals surface area contributed by atoms with Crippen LogP contribution in [0.15, 0.2) is 189 Å². The first-order chi connectivity index (χ1) is 22.6. The van der Waals surface area contributed by atoms with Crippen molar-refractivity contribution >= 4 is 22.1 Å². The van der Waals surface area contributed by atoms with E-state index in [1.54, 1.807) is 0 Å². The van der Waals surface area contributed by atoms with Crippen molar-refractivity contribution in [2.24, 2.45) is 10.1 Å². The van der Waals surface area contributed by atoms with Gasteiger partial charge in [-0.15, -0.1) is 10.5 Å². The fraction of sp³-hybridized carbons (Fsp3) is 0.0952. The van der Waals surface area contributed by atoms with Crippen molar-refractivity contribution in [3.63, 3.8) is 0 Å².